The Labute approximate surface area is 148 Å². The molecular formula is C18H18N2O2S2. The molecule has 124 valence electrons. The molecular weight excluding hydrogens is 340 g/mol. The molecule has 24 heavy (non-hydrogen) atoms. The first-order chi connectivity index (χ1) is 11.8. The molecule has 3 aromatic heterocycles. The van der Waals surface area contributed by atoms with E-state index < -0.39 is 0 Å². The van der Waals surface area contributed by atoms with Crippen LogP contribution >= 0.6 is 22.7 Å². The maximum atomic E-state index is 12.8. The van der Waals surface area contributed by atoms with Crippen molar-refractivity contribution in [1.29, 1.82) is 0 Å². The number of aromatic nitrogens is 1. The second-order valence-corrected chi connectivity index (χ2v) is 7.72. The molecule has 1 aliphatic rings. The largest absolute Gasteiger partial charge is 0.462 e. The molecule has 0 aromatic carbocycles. The lowest BCUT2D eigenvalue weighted by Gasteiger charge is -2.35. The highest BCUT2D eigenvalue weighted by Gasteiger charge is 2.30. The van der Waals surface area contributed by atoms with Crippen molar-refractivity contribution < 1.29 is 9.21 Å². The minimum Gasteiger partial charge on any atom is -0.462 e. The Kier molecular flexibility index (Phi) is 4.24. The molecule has 1 atom stereocenters. The van der Waals surface area contributed by atoms with Crippen molar-refractivity contribution in [3.05, 3.63) is 51.4 Å². The van der Waals surface area contributed by atoms with E-state index in [4.69, 9.17) is 4.42 Å². The van der Waals surface area contributed by atoms with Gasteiger partial charge in [-0.15, -0.1) is 22.7 Å². The number of rotatable bonds is 4. The molecule has 0 spiro atoms. The molecule has 4 nitrogen and oxygen atoms in total. The van der Waals surface area contributed by atoms with Gasteiger partial charge in [-0.2, -0.15) is 0 Å². The summed E-state index contributed by atoms with van der Waals surface area (Å²) in [7, 11) is 0. The maximum Gasteiger partial charge on any atom is 0.229 e. The van der Waals surface area contributed by atoms with Gasteiger partial charge in [-0.25, -0.2) is 4.98 Å². The summed E-state index contributed by atoms with van der Waals surface area (Å²) in [5.74, 6) is 0.918. The summed E-state index contributed by atoms with van der Waals surface area (Å²) in [6.45, 7) is 2.95. The normalized spacial score (nSPS) is 17.0. The van der Waals surface area contributed by atoms with Crippen LogP contribution in [0.2, 0.25) is 0 Å². The molecule has 4 heterocycles. The number of nitrogens with zero attached hydrogens (tertiary/aromatic N) is 2. The molecule has 0 aliphatic carbocycles. The third-order valence-corrected chi connectivity index (χ3v) is 6.32. The fraction of sp³-hybridized carbons (Fsp3) is 0.333. The van der Waals surface area contributed by atoms with Crippen LogP contribution in [0.4, 0.5) is 0 Å². The van der Waals surface area contributed by atoms with Crippen LogP contribution in [0.5, 0.6) is 0 Å². The molecule has 0 radical (unpaired) electrons. The Bertz CT molecular complexity index is 835. The zero-order chi connectivity index (χ0) is 16.5. The van der Waals surface area contributed by atoms with E-state index in [1.165, 1.54) is 21.8 Å². The quantitative estimate of drug-likeness (QED) is 0.688. The van der Waals surface area contributed by atoms with E-state index in [1.54, 1.807) is 17.6 Å². The van der Waals surface area contributed by atoms with Crippen LogP contribution in [0.15, 0.2) is 39.6 Å². The molecule has 0 saturated heterocycles. The first-order valence-corrected chi connectivity index (χ1v) is 9.86. The predicted octanol–water partition coefficient (Wildman–Crippen LogP) is 4.54. The lowest BCUT2D eigenvalue weighted by Crippen LogP contribution is -2.40. The number of hydrogen-bond donors (Lipinski definition) is 0. The van der Waals surface area contributed by atoms with Gasteiger partial charge in [0.1, 0.15) is 0 Å². The summed E-state index contributed by atoms with van der Waals surface area (Å²) >= 11 is 3.32. The number of carbonyl (C=O) groups excluding carboxylic acids is 1. The van der Waals surface area contributed by atoms with Crippen molar-refractivity contribution in [1.82, 2.24) is 9.88 Å². The van der Waals surface area contributed by atoms with Crippen LogP contribution in [0.1, 0.15) is 35.5 Å². The van der Waals surface area contributed by atoms with E-state index in [0.717, 1.165) is 35.8 Å². The van der Waals surface area contributed by atoms with Crippen LogP contribution < -0.4 is 0 Å². The standard InChI is InChI=1S/C18H18N2O2S2/c1-2-14-13-6-9-23-16(13)5-7-20(14)17(21)10-12-11-24-18(19-12)15-4-3-8-22-15/h3-4,6,8-9,11,14H,2,5,7,10H2,1H3. The van der Waals surface area contributed by atoms with Crippen molar-refractivity contribution in [2.45, 2.75) is 32.2 Å². The van der Waals surface area contributed by atoms with Crippen molar-refractivity contribution in [3.8, 4) is 10.8 Å². The highest BCUT2D eigenvalue weighted by Crippen LogP contribution is 2.35. The van der Waals surface area contributed by atoms with Crippen molar-refractivity contribution in [3.63, 3.8) is 0 Å². The summed E-state index contributed by atoms with van der Waals surface area (Å²) in [4.78, 5) is 20.8. The van der Waals surface area contributed by atoms with Gasteiger partial charge in [-0.05, 0) is 42.0 Å². The molecule has 0 saturated carbocycles. The van der Waals surface area contributed by atoms with Crippen LogP contribution in [0.25, 0.3) is 10.8 Å². The van der Waals surface area contributed by atoms with E-state index >= 15 is 0 Å². The van der Waals surface area contributed by atoms with E-state index in [2.05, 4.69) is 23.4 Å². The van der Waals surface area contributed by atoms with Crippen molar-refractivity contribution >= 4 is 28.6 Å². The molecule has 1 unspecified atom stereocenters. The van der Waals surface area contributed by atoms with Crippen LogP contribution in [0.3, 0.4) is 0 Å². The smallest absolute Gasteiger partial charge is 0.229 e. The van der Waals surface area contributed by atoms with E-state index in [0.29, 0.717) is 6.42 Å². The molecule has 0 bridgehead atoms. The summed E-state index contributed by atoms with van der Waals surface area (Å²) in [5.41, 5.74) is 2.15. The van der Waals surface area contributed by atoms with Gasteiger partial charge in [0.2, 0.25) is 5.91 Å². The molecule has 1 aliphatic heterocycles. The fourth-order valence-corrected chi connectivity index (χ4v) is 5.01. The Morgan fingerprint density at radius 1 is 1.42 bits per heavy atom. The van der Waals surface area contributed by atoms with Gasteiger partial charge in [-0.1, -0.05) is 6.92 Å². The van der Waals surface area contributed by atoms with Gasteiger partial charge < -0.3 is 9.32 Å². The number of amides is 1. The van der Waals surface area contributed by atoms with Crippen LogP contribution in [-0.2, 0) is 17.6 Å². The van der Waals surface area contributed by atoms with Crippen molar-refractivity contribution in [2.24, 2.45) is 0 Å². The minimum atomic E-state index is 0.162. The molecule has 1 amide bonds. The van der Waals surface area contributed by atoms with Gasteiger partial charge in [0.25, 0.3) is 0 Å². The number of hydrogen-bond acceptors (Lipinski definition) is 5. The summed E-state index contributed by atoms with van der Waals surface area (Å²) in [5, 5.41) is 4.92. The summed E-state index contributed by atoms with van der Waals surface area (Å²) in [6.07, 6.45) is 3.90. The molecule has 0 fully saturated rings. The van der Waals surface area contributed by atoms with E-state index in [1.807, 2.05) is 22.4 Å². The van der Waals surface area contributed by atoms with E-state index in [-0.39, 0.29) is 11.9 Å². The number of carbonyl (C=O) groups is 1. The predicted molar refractivity (Wildman–Crippen MR) is 96.3 cm³/mol. The number of thiophene rings is 1. The fourth-order valence-electron chi connectivity index (χ4n) is 3.29. The number of furan rings is 1. The molecule has 0 N–H and O–H groups in total. The first kappa shape index (κ1) is 15.6. The van der Waals surface area contributed by atoms with Crippen LogP contribution in [-0.4, -0.2) is 22.3 Å². The zero-order valence-corrected chi connectivity index (χ0v) is 15.0. The van der Waals surface area contributed by atoms with Gasteiger partial charge in [0, 0.05) is 16.8 Å². The summed E-state index contributed by atoms with van der Waals surface area (Å²) in [6, 6.07) is 6.11. The summed E-state index contributed by atoms with van der Waals surface area (Å²) < 4.78 is 5.37. The lowest BCUT2D eigenvalue weighted by atomic mass is 9.97. The average molecular weight is 358 g/mol. The Hall–Kier alpha value is -1.92. The lowest BCUT2D eigenvalue weighted by molar-refractivity contribution is -0.133. The highest BCUT2D eigenvalue weighted by molar-refractivity contribution is 7.13. The third-order valence-electron chi connectivity index (χ3n) is 4.42. The van der Waals surface area contributed by atoms with Crippen LogP contribution in [0, 0.1) is 0 Å². The Morgan fingerprint density at radius 3 is 3.12 bits per heavy atom. The SMILES string of the molecule is CCC1c2ccsc2CCN1C(=O)Cc1csc(-c2ccco2)n1. The monoisotopic (exact) mass is 358 g/mol. The van der Waals surface area contributed by atoms with Gasteiger partial charge in [0.05, 0.1) is 24.4 Å². The topological polar surface area (TPSA) is 46.3 Å². The number of fused-ring (bicyclic) bond motifs is 1. The molecule has 6 heteroatoms. The molecule has 4 rings (SSSR count). The van der Waals surface area contributed by atoms with Crippen molar-refractivity contribution in [2.75, 3.05) is 6.54 Å². The first-order valence-electron chi connectivity index (χ1n) is 8.10. The second-order valence-electron chi connectivity index (χ2n) is 5.86. The maximum absolute atomic E-state index is 12.8. The van der Waals surface area contributed by atoms with Gasteiger partial charge in [-0.3, -0.25) is 4.79 Å². The Morgan fingerprint density at radius 2 is 2.33 bits per heavy atom. The van der Waals surface area contributed by atoms with Gasteiger partial charge >= 0.3 is 0 Å². The average Bonchev–Trinajstić information content (AvgIpc) is 3.33. The Balaban J connectivity index is 1.50. The van der Waals surface area contributed by atoms with E-state index in [9.17, 15) is 4.79 Å². The molecule has 3 aromatic rings. The highest BCUT2D eigenvalue weighted by atomic mass is 32.1. The third kappa shape index (κ3) is 2.80. The second kappa shape index (κ2) is 6.53. The zero-order valence-electron chi connectivity index (χ0n) is 13.4. The van der Waals surface area contributed by atoms with Gasteiger partial charge in [0.15, 0.2) is 10.8 Å². The minimum absolute atomic E-state index is 0.162. The number of thiazole rings is 1.